The van der Waals surface area contributed by atoms with Gasteiger partial charge in [-0.3, -0.25) is 4.90 Å². The fraction of sp³-hybridized carbons (Fsp3) is 0.667. The Bertz CT molecular complexity index is 496. The highest BCUT2D eigenvalue weighted by Gasteiger charge is 2.42. The fourth-order valence-electron chi connectivity index (χ4n) is 3.99. The van der Waals surface area contributed by atoms with Crippen molar-refractivity contribution in [1.29, 1.82) is 0 Å². The van der Waals surface area contributed by atoms with E-state index in [0.717, 1.165) is 12.1 Å². The largest absolute Gasteiger partial charge is 0.305 e. The maximum absolute atomic E-state index is 13.8. The Balaban J connectivity index is 1.59. The summed E-state index contributed by atoms with van der Waals surface area (Å²) in [6, 6.07) is 5.64. The van der Waals surface area contributed by atoms with E-state index in [4.69, 9.17) is 0 Å². The first kappa shape index (κ1) is 15.0. The molecule has 0 aliphatic carbocycles. The SMILES string of the molecule is CC(C)c1cc(CN2CCC3(CC2)CN(C)C3)ccc1F. The van der Waals surface area contributed by atoms with E-state index in [1.165, 1.54) is 44.6 Å². The van der Waals surface area contributed by atoms with Crippen LogP contribution in [0.25, 0.3) is 0 Å². The number of rotatable bonds is 3. The van der Waals surface area contributed by atoms with Crippen molar-refractivity contribution < 1.29 is 4.39 Å². The summed E-state index contributed by atoms with van der Waals surface area (Å²) < 4.78 is 13.8. The molecule has 1 spiro atoms. The molecule has 0 unspecified atom stereocenters. The topological polar surface area (TPSA) is 6.48 Å². The first-order valence-corrected chi connectivity index (χ1v) is 8.17. The van der Waals surface area contributed by atoms with Crippen molar-refractivity contribution in [3.05, 3.63) is 35.1 Å². The number of likely N-dealkylation sites (tertiary alicyclic amines) is 2. The lowest BCUT2D eigenvalue weighted by atomic mass is 9.72. The van der Waals surface area contributed by atoms with Crippen LogP contribution in [0.15, 0.2) is 18.2 Å². The van der Waals surface area contributed by atoms with Crippen LogP contribution in [0.1, 0.15) is 43.7 Å². The second kappa shape index (κ2) is 5.69. The van der Waals surface area contributed by atoms with E-state index < -0.39 is 0 Å². The molecule has 0 saturated carbocycles. The summed E-state index contributed by atoms with van der Waals surface area (Å²) in [5.41, 5.74) is 2.71. The Morgan fingerprint density at radius 3 is 2.43 bits per heavy atom. The van der Waals surface area contributed by atoms with Crippen molar-refractivity contribution in [3.8, 4) is 0 Å². The van der Waals surface area contributed by atoms with Crippen LogP contribution >= 0.6 is 0 Å². The van der Waals surface area contributed by atoms with Gasteiger partial charge in [0.1, 0.15) is 5.82 Å². The van der Waals surface area contributed by atoms with Gasteiger partial charge in [-0.05, 0) is 61.5 Å². The summed E-state index contributed by atoms with van der Waals surface area (Å²) in [5.74, 6) is 0.184. The van der Waals surface area contributed by atoms with Gasteiger partial charge < -0.3 is 4.90 Å². The molecule has 2 heterocycles. The quantitative estimate of drug-likeness (QED) is 0.841. The van der Waals surface area contributed by atoms with Crippen LogP contribution < -0.4 is 0 Å². The third-order valence-electron chi connectivity index (χ3n) is 5.22. The first-order chi connectivity index (χ1) is 9.97. The van der Waals surface area contributed by atoms with E-state index in [0.29, 0.717) is 5.41 Å². The lowest BCUT2D eigenvalue weighted by Gasteiger charge is -2.53. The molecule has 0 amide bonds. The average Bonchev–Trinajstić information content (AvgIpc) is 2.41. The molecule has 0 aromatic heterocycles. The zero-order valence-corrected chi connectivity index (χ0v) is 13.5. The molecule has 0 N–H and O–H groups in total. The molecule has 3 rings (SSSR count). The van der Waals surface area contributed by atoms with Crippen LogP contribution in [0.4, 0.5) is 4.39 Å². The second-order valence-electron chi connectivity index (χ2n) is 7.46. The molecule has 2 saturated heterocycles. The Hall–Kier alpha value is -0.930. The standard InChI is InChI=1S/C18H27FN2/c1-14(2)16-10-15(4-5-17(16)19)11-21-8-6-18(7-9-21)12-20(3)13-18/h4-5,10,14H,6-9,11-13H2,1-3H3. The summed E-state index contributed by atoms with van der Waals surface area (Å²) in [6.07, 6.45) is 2.63. The van der Waals surface area contributed by atoms with Gasteiger partial charge in [-0.2, -0.15) is 0 Å². The van der Waals surface area contributed by atoms with Crippen molar-refractivity contribution in [2.75, 3.05) is 33.2 Å². The Labute approximate surface area is 127 Å². The van der Waals surface area contributed by atoms with Gasteiger partial charge in [0, 0.05) is 19.6 Å². The monoisotopic (exact) mass is 290 g/mol. The third-order valence-corrected chi connectivity index (χ3v) is 5.22. The minimum absolute atomic E-state index is 0.0659. The van der Waals surface area contributed by atoms with Gasteiger partial charge in [-0.1, -0.05) is 26.0 Å². The highest BCUT2D eigenvalue weighted by molar-refractivity contribution is 5.27. The minimum atomic E-state index is -0.0659. The molecule has 1 aromatic rings. The van der Waals surface area contributed by atoms with Crippen molar-refractivity contribution in [2.45, 2.75) is 39.2 Å². The van der Waals surface area contributed by atoms with Gasteiger partial charge in [-0.15, -0.1) is 0 Å². The maximum Gasteiger partial charge on any atom is 0.126 e. The van der Waals surface area contributed by atoms with Crippen LogP contribution in [0.3, 0.4) is 0 Å². The molecular formula is C18H27FN2. The number of hydrogen-bond donors (Lipinski definition) is 0. The molecule has 3 heteroatoms. The highest BCUT2D eigenvalue weighted by Crippen LogP contribution is 2.39. The van der Waals surface area contributed by atoms with E-state index >= 15 is 0 Å². The van der Waals surface area contributed by atoms with Gasteiger partial charge in [0.25, 0.3) is 0 Å². The fourth-order valence-corrected chi connectivity index (χ4v) is 3.99. The molecule has 0 radical (unpaired) electrons. The van der Waals surface area contributed by atoms with Gasteiger partial charge in [0.05, 0.1) is 0 Å². The lowest BCUT2D eigenvalue weighted by molar-refractivity contribution is -0.0329. The molecule has 2 aliphatic rings. The third kappa shape index (κ3) is 3.14. The number of hydrogen-bond acceptors (Lipinski definition) is 2. The first-order valence-electron chi connectivity index (χ1n) is 8.17. The number of nitrogens with zero attached hydrogens (tertiary/aromatic N) is 2. The summed E-state index contributed by atoms with van der Waals surface area (Å²) in [5, 5.41) is 0. The Morgan fingerprint density at radius 2 is 1.86 bits per heavy atom. The zero-order chi connectivity index (χ0) is 15.0. The highest BCUT2D eigenvalue weighted by atomic mass is 19.1. The molecule has 2 nitrogen and oxygen atoms in total. The van der Waals surface area contributed by atoms with Crippen LogP contribution in [0.5, 0.6) is 0 Å². The normalized spacial score (nSPS) is 22.7. The van der Waals surface area contributed by atoms with E-state index in [1.807, 2.05) is 6.07 Å². The molecular weight excluding hydrogens is 263 g/mol. The Kier molecular flexibility index (Phi) is 4.06. The zero-order valence-electron chi connectivity index (χ0n) is 13.5. The second-order valence-corrected chi connectivity index (χ2v) is 7.46. The van der Waals surface area contributed by atoms with Gasteiger partial charge in [0.2, 0.25) is 0 Å². The molecule has 21 heavy (non-hydrogen) atoms. The van der Waals surface area contributed by atoms with Crippen molar-refractivity contribution in [1.82, 2.24) is 9.80 Å². The molecule has 2 aliphatic heterocycles. The van der Waals surface area contributed by atoms with Crippen LogP contribution in [0.2, 0.25) is 0 Å². The van der Waals surface area contributed by atoms with Crippen LogP contribution in [-0.2, 0) is 6.54 Å². The molecule has 2 fully saturated rings. The summed E-state index contributed by atoms with van der Waals surface area (Å²) >= 11 is 0. The molecule has 0 atom stereocenters. The summed E-state index contributed by atoms with van der Waals surface area (Å²) in [6.45, 7) is 9.99. The minimum Gasteiger partial charge on any atom is -0.305 e. The van der Waals surface area contributed by atoms with E-state index in [1.54, 1.807) is 6.07 Å². The lowest BCUT2D eigenvalue weighted by Crippen LogP contribution is -2.58. The van der Waals surface area contributed by atoms with E-state index in [9.17, 15) is 4.39 Å². The molecule has 1 aromatic carbocycles. The predicted molar refractivity (Wildman–Crippen MR) is 84.9 cm³/mol. The molecule has 0 bridgehead atoms. The van der Waals surface area contributed by atoms with Gasteiger partial charge in [0.15, 0.2) is 0 Å². The Morgan fingerprint density at radius 1 is 1.19 bits per heavy atom. The molecule has 116 valence electrons. The van der Waals surface area contributed by atoms with E-state index in [-0.39, 0.29) is 11.7 Å². The van der Waals surface area contributed by atoms with Gasteiger partial charge >= 0.3 is 0 Å². The van der Waals surface area contributed by atoms with Crippen molar-refractivity contribution >= 4 is 0 Å². The van der Waals surface area contributed by atoms with Crippen LogP contribution in [-0.4, -0.2) is 43.0 Å². The predicted octanol–water partition coefficient (Wildman–Crippen LogP) is 3.48. The van der Waals surface area contributed by atoms with Crippen molar-refractivity contribution in [2.24, 2.45) is 5.41 Å². The van der Waals surface area contributed by atoms with Crippen LogP contribution in [0, 0.1) is 11.2 Å². The maximum atomic E-state index is 13.8. The number of benzene rings is 1. The summed E-state index contributed by atoms with van der Waals surface area (Å²) in [4.78, 5) is 4.95. The average molecular weight is 290 g/mol. The smallest absolute Gasteiger partial charge is 0.126 e. The number of piperidine rings is 1. The van der Waals surface area contributed by atoms with E-state index in [2.05, 4.69) is 36.8 Å². The van der Waals surface area contributed by atoms with Gasteiger partial charge in [-0.25, -0.2) is 4.39 Å². The number of halogens is 1. The summed E-state index contributed by atoms with van der Waals surface area (Å²) in [7, 11) is 2.21. The van der Waals surface area contributed by atoms with Crippen molar-refractivity contribution in [3.63, 3.8) is 0 Å².